The SMILES string of the molecule is CC(C)/C(=N\O)C(C)(C)C. The standard InChI is InChI=1S/C8H17NO/c1-6(2)7(9-10)8(3,4)5/h6,10H,1-5H3/b9-7+. The molecule has 2 nitrogen and oxygen atoms in total. The maximum atomic E-state index is 8.62. The Morgan fingerprint density at radius 1 is 1.30 bits per heavy atom. The molecule has 0 radical (unpaired) electrons. The van der Waals surface area contributed by atoms with Crippen LogP contribution in [0.1, 0.15) is 34.6 Å². The van der Waals surface area contributed by atoms with Crippen molar-refractivity contribution < 1.29 is 5.21 Å². The van der Waals surface area contributed by atoms with Crippen molar-refractivity contribution in [3.05, 3.63) is 0 Å². The van der Waals surface area contributed by atoms with Crippen LogP contribution in [0.15, 0.2) is 5.16 Å². The summed E-state index contributed by atoms with van der Waals surface area (Å²) in [6, 6.07) is 0. The molecule has 10 heavy (non-hydrogen) atoms. The first-order chi connectivity index (χ1) is 4.39. The van der Waals surface area contributed by atoms with Gasteiger partial charge in [-0.15, -0.1) is 0 Å². The average Bonchev–Trinajstić information content (AvgIpc) is 1.60. The van der Waals surface area contributed by atoms with E-state index >= 15 is 0 Å². The van der Waals surface area contributed by atoms with Gasteiger partial charge in [0.2, 0.25) is 0 Å². The molecular formula is C8H17NO. The van der Waals surface area contributed by atoms with Gasteiger partial charge in [0.05, 0.1) is 5.71 Å². The van der Waals surface area contributed by atoms with Crippen LogP contribution in [-0.2, 0) is 0 Å². The number of hydrogen-bond acceptors (Lipinski definition) is 2. The van der Waals surface area contributed by atoms with E-state index in [-0.39, 0.29) is 5.41 Å². The van der Waals surface area contributed by atoms with E-state index in [1.807, 2.05) is 34.6 Å². The van der Waals surface area contributed by atoms with E-state index in [0.717, 1.165) is 5.71 Å². The van der Waals surface area contributed by atoms with Gasteiger partial charge in [-0.25, -0.2) is 0 Å². The largest absolute Gasteiger partial charge is 0.411 e. The van der Waals surface area contributed by atoms with E-state index in [1.54, 1.807) is 0 Å². The molecule has 1 N–H and O–H groups in total. The third-order valence-electron chi connectivity index (χ3n) is 1.42. The van der Waals surface area contributed by atoms with Gasteiger partial charge < -0.3 is 5.21 Å². The normalized spacial score (nSPS) is 14.4. The lowest BCUT2D eigenvalue weighted by Crippen LogP contribution is -2.25. The van der Waals surface area contributed by atoms with Gasteiger partial charge in [0, 0.05) is 5.41 Å². The zero-order valence-electron chi connectivity index (χ0n) is 7.47. The molecule has 0 bridgehead atoms. The lowest BCUT2D eigenvalue weighted by Gasteiger charge is -2.22. The monoisotopic (exact) mass is 143 g/mol. The van der Waals surface area contributed by atoms with Crippen molar-refractivity contribution in [2.75, 3.05) is 0 Å². The molecule has 0 amide bonds. The van der Waals surface area contributed by atoms with E-state index in [0.29, 0.717) is 5.92 Å². The topological polar surface area (TPSA) is 32.6 Å². The minimum Gasteiger partial charge on any atom is -0.411 e. The molecule has 0 rings (SSSR count). The van der Waals surface area contributed by atoms with Crippen LogP contribution in [0.5, 0.6) is 0 Å². The minimum atomic E-state index is -0.0110. The Hall–Kier alpha value is -0.530. The Morgan fingerprint density at radius 2 is 1.70 bits per heavy atom. The van der Waals surface area contributed by atoms with Crippen LogP contribution in [0.3, 0.4) is 0 Å². The van der Waals surface area contributed by atoms with Gasteiger partial charge in [-0.2, -0.15) is 0 Å². The molecule has 0 aliphatic heterocycles. The quantitative estimate of drug-likeness (QED) is 0.341. The molecule has 0 spiro atoms. The fraction of sp³-hybridized carbons (Fsp3) is 0.875. The molecule has 0 aliphatic carbocycles. The van der Waals surface area contributed by atoms with Crippen LogP contribution in [0.4, 0.5) is 0 Å². The second-order valence-electron chi connectivity index (χ2n) is 3.89. The zero-order chi connectivity index (χ0) is 8.36. The van der Waals surface area contributed by atoms with E-state index < -0.39 is 0 Å². The first-order valence-electron chi connectivity index (χ1n) is 3.62. The van der Waals surface area contributed by atoms with Crippen molar-refractivity contribution in [1.29, 1.82) is 0 Å². The maximum absolute atomic E-state index is 8.62. The number of oxime groups is 1. The van der Waals surface area contributed by atoms with Crippen molar-refractivity contribution in [2.24, 2.45) is 16.5 Å². The molecule has 0 saturated heterocycles. The van der Waals surface area contributed by atoms with E-state index in [2.05, 4.69) is 5.16 Å². The van der Waals surface area contributed by atoms with Gasteiger partial charge in [-0.1, -0.05) is 39.8 Å². The lowest BCUT2D eigenvalue weighted by atomic mass is 9.84. The van der Waals surface area contributed by atoms with Crippen LogP contribution in [0.2, 0.25) is 0 Å². The summed E-state index contributed by atoms with van der Waals surface area (Å²) in [5.74, 6) is 0.324. The van der Waals surface area contributed by atoms with Gasteiger partial charge >= 0.3 is 0 Å². The highest BCUT2D eigenvalue weighted by atomic mass is 16.4. The Kier molecular flexibility index (Phi) is 2.88. The third kappa shape index (κ3) is 2.38. The second kappa shape index (κ2) is 3.04. The van der Waals surface area contributed by atoms with Crippen LogP contribution in [-0.4, -0.2) is 10.9 Å². The number of nitrogens with zero attached hydrogens (tertiary/aromatic N) is 1. The summed E-state index contributed by atoms with van der Waals surface area (Å²) >= 11 is 0. The van der Waals surface area contributed by atoms with Gasteiger partial charge in [-0.3, -0.25) is 0 Å². The first-order valence-corrected chi connectivity index (χ1v) is 3.62. The molecule has 0 fully saturated rings. The summed E-state index contributed by atoms with van der Waals surface area (Å²) < 4.78 is 0. The molecule has 0 heterocycles. The summed E-state index contributed by atoms with van der Waals surface area (Å²) in [6.45, 7) is 10.2. The van der Waals surface area contributed by atoms with Gasteiger partial charge in [-0.05, 0) is 5.92 Å². The summed E-state index contributed by atoms with van der Waals surface area (Å²) in [5.41, 5.74) is 0.843. The second-order valence-corrected chi connectivity index (χ2v) is 3.89. The van der Waals surface area contributed by atoms with Crippen LogP contribution < -0.4 is 0 Å². The van der Waals surface area contributed by atoms with Gasteiger partial charge in [0.15, 0.2) is 0 Å². The zero-order valence-corrected chi connectivity index (χ0v) is 7.47. The highest BCUT2D eigenvalue weighted by molar-refractivity contribution is 5.90. The average molecular weight is 143 g/mol. The lowest BCUT2D eigenvalue weighted by molar-refractivity contribution is 0.306. The molecule has 60 valence electrons. The van der Waals surface area contributed by atoms with E-state index in [1.165, 1.54) is 0 Å². The first kappa shape index (κ1) is 9.47. The molecule has 0 unspecified atom stereocenters. The molecule has 0 aliphatic rings. The van der Waals surface area contributed by atoms with Crippen molar-refractivity contribution in [2.45, 2.75) is 34.6 Å². The van der Waals surface area contributed by atoms with Gasteiger partial charge in [0.1, 0.15) is 0 Å². The van der Waals surface area contributed by atoms with Gasteiger partial charge in [0.25, 0.3) is 0 Å². The third-order valence-corrected chi connectivity index (χ3v) is 1.42. The maximum Gasteiger partial charge on any atom is 0.0649 e. The number of rotatable bonds is 1. The minimum absolute atomic E-state index is 0.0110. The molecule has 2 heteroatoms. The molecule has 0 saturated carbocycles. The van der Waals surface area contributed by atoms with Crippen molar-refractivity contribution in [3.8, 4) is 0 Å². The summed E-state index contributed by atoms with van der Waals surface area (Å²) in [4.78, 5) is 0. The van der Waals surface area contributed by atoms with Crippen molar-refractivity contribution in [3.63, 3.8) is 0 Å². The molecular weight excluding hydrogens is 126 g/mol. The highest BCUT2D eigenvalue weighted by Crippen LogP contribution is 2.20. The van der Waals surface area contributed by atoms with Crippen LogP contribution in [0.25, 0.3) is 0 Å². The Bertz CT molecular complexity index is 131. The highest BCUT2D eigenvalue weighted by Gasteiger charge is 2.21. The molecule has 0 aromatic heterocycles. The summed E-state index contributed by atoms with van der Waals surface area (Å²) in [7, 11) is 0. The molecule has 0 atom stereocenters. The summed E-state index contributed by atoms with van der Waals surface area (Å²) in [5, 5.41) is 11.9. The Morgan fingerprint density at radius 3 is 1.70 bits per heavy atom. The van der Waals surface area contributed by atoms with Crippen molar-refractivity contribution in [1.82, 2.24) is 0 Å². The van der Waals surface area contributed by atoms with Crippen LogP contribution >= 0.6 is 0 Å². The fourth-order valence-electron chi connectivity index (χ4n) is 1.13. The molecule has 0 aromatic carbocycles. The predicted octanol–water partition coefficient (Wildman–Crippen LogP) is 2.52. The Balaban J connectivity index is 4.40. The van der Waals surface area contributed by atoms with Crippen LogP contribution in [0, 0.1) is 11.3 Å². The number of hydrogen-bond donors (Lipinski definition) is 1. The Labute approximate surface area is 62.9 Å². The summed E-state index contributed by atoms with van der Waals surface area (Å²) in [6.07, 6.45) is 0. The predicted molar refractivity (Wildman–Crippen MR) is 43.5 cm³/mol. The van der Waals surface area contributed by atoms with E-state index in [4.69, 9.17) is 5.21 Å². The molecule has 0 aromatic rings. The fourth-order valence-corrected chi connectivity index (χ4v) is 1.13. The van der Waals surface area contributed by atoms with E-state index in [9.17, 15) is 0 Å². The van der Waals surface area contributed by atoms with Crippen molar-refractivity contribution >= 4 is 5.71 Å². The smallest absolute Gasteiger partial charge is 0.0649 e.